The fraction of sp³-hybridized carbons (Fsp3) is 0.125. The Balaban J connectivity index is 1.87. The summed E-state index contributed by atoms with van der Waals surface area (Å²) in [5.74, 6) is -0.251. The van der Waals surface area contributed by atoms with Gasteiger partial charge in [-0.05, 0) is 40.1 Å². The first-order valence-corrected chi connectivity index (χ1v) is 7.00. The van der Waals surface area contributed by atoms with E-state index in [1.54, 1.807) is 23.5 Å². The summed E-state index contributed by atoms with van der Waals surface area (Å²) >= 11 is 1.64. The number of rotatable bonds is 3. The third-order valence-electron chi connectivity index (χ3n) is 3.21. The molecule has 0 fully saturated rings. The smallest absolute Gasteiger partial charge is 0.123 e. The Morgan fingerprint density at radius 2 is 1.79 bits per heavy atom. The number of hydrogen-bond acceptors (Lipinski definition) is 2. The van der Waals surface area contributed by atoms with Crippen molar-refractivity contribution in [1.82, 2.24) is 0 Å². The van der Waals surface area contributed by atoms with Crippen molar-refractivity contribution in [3.63, 3.8) is 0 Å². The molecule has 0 amide bonds. The lowest BCUT2D eigenvalue weighted by atomic mass is 10.0. The number of aliphatic hydroxyl groups excluding tert-OH is 1. The van der Waals surface area contributed by atoms with Crippen LogP contribution in [-0.2, 0) is 6.42 Å². The van der Waals surface area contributed by atoms with E-state index in [2.05, 4.69) is 0 Å². The highest BCUT2D eigenvalue weighted by atomic mass is 32.1. The maximum absolute atomic E-state index is 12.8. The van der Waals surface area contributed by atoms with Gasteiger partial charge in [0.1, 0.15) is 5.82 Å². The molecule has 3 heteroatoms. The molecule has 0 bridgehead atoms. The van der Waals surface area contributed by atoms with E-state index in [1.807, 2.05) is 29.6 Å². The van der Waals surface area contributed by atoms with Crippen molar-refractivity contribution in [2.75, 3.05) is 0 Å². The van der Waals surface area contributed by atoms with Crippen molar-refractivity contribution in [2.24, 2.45) is 0 Å². The fourth-order valence-corrected chi connectivity index (χ4v) is 3.22. The van der Waals surface area contributed by atoms with Gasteiger partial charge in [-0.25, -0.2) is 4.39 Å². The number of benzene rings is 2. The van der Waals surface area contributed by atoms with Crippen LogP contribution in [0.25, 0.3) is 10.1 Å². The van der Waals surface area contributed by atoms with Crippen LogP contribution in [0.1, 0.15) is 17.2 Å². The maximum Gasteiger partial charge on any atom is 0.123 e. The number of aliphatic hydroxyl groups is 1. The molecule has 1 N–H and O–H groups in total. The molecule has 0 radical (unpaired) electrons. The largest absolute Gasteiger partial charge is 0.388 e. The van der Waals surface area contributed by atoms with Crippen LogP contribution < -0.4 is 0 Å². The van der Waals surface area contributed by atoms with Gasteiger partial charge in [0, 0.05) is 11.1 Å². The van der Waals surface area contributed by atoms with Gasteiger partial charge in [0.2, 0.25) is 0 Å². The summed E-state index contributed by atoms with van der Waals surface area (Å²) in [6, 6.07) is 14.3. The zero-order valence-corrected chi connectivity index (χ0v) is 11.0. The predicted octanol–water partition coefficient (Wildman–Crippen LogP) is 4.32. The number of hydrogen-bond donors (Lipinski definition) is 1. The Bertz CT molecular complexity index is 687. The molecule has 1 heterocycles. The molecule has 1 atom stereocenters. The molecule has 3 aromatic rings. The van der Waals surface area contributed by atoms with Gasteiger partial charge in [-0.1, -0.05) is 30.3 Å². The van der Waals surface area contributed by atoms with Crippen LogP contribution in [-0.4, -0.2) is 5.11 Å². The van der Waals surface area contributed by atoms with Crippen LogP contribution in [0.15, 0.2) is 53.9 Å². The molecule has 1 aromatic heterocycles. The molecule has 19 heavy (non-hydrogen) atoms. The van der Waals surface area contributed by atoms with Crippen molar-refractivity contribution >= 4 is 21.4 Å². The van der Waals surface area contributed by atoms with Crippen LogP contribution in [0.3, 0.4) is 0 Å². The number of thiophene rings is 1. The first-order valence-electron chi connectivity index (χ1n) is 6.12. The summed E-state index contributed by atoms with van der Waals surface area (Å²) in [5, 5.41) is 13.4. The maximum atomic E-state index is 12.8. The first-order chi connectivity index (χ1) is 9.24. The van der Waals surface area contributed by atoms with Gasteiger partial charge < -0.3 is 5.11 Å². The predicted molar refractivity (Wildman–Crippen MR) is 76.9 cm³/mol. The summed E-state index contributed by atoms with van der Waals surface area (Å²) in [6.07, 6.45) is -0.0531. The van der Waals surface area contributed by atoms with Gasteiger partial charge >= 0.3 is 0 Å². The van der Waals surface area contributed by atoms with Crippen LogP contribution in [0.2, 0.25) is 0 Å². The first kappa shape index (κ1) is 12.3. The molecule has 0 saturated heterocycles. The Kier molecular flexibility index (Phi) is 3.32. The van der Waals surface area contributed by atoms with Gasteiger partial charge in [0.15, 0.2) is 0 Å². The van der Waals surface area contributed by atoms with E-state index in [4.69, 9.17) is 0 Å². The van der Waals surface area contributed by atoms with Gasteiger partial charge in [-0.3, -0.25) is 0 Å². The standard InChI is InChI=1S/C16H13FOS/c17-12-7-5-11(6-8-12)9-15(18)14-10-19-16-4-2-1-3-13(14)16/h1-8,10,15,18H,9H2. The minimum absolute atomic E-state index is 0.251. The third kappa shape index (κ3) is 2.53. The lowest BCUT2D eigenvalue weighted by Gasteiger charge is -2.10. The lowest BCUT2D eigenvalue weighted by molar-refractivity contribution is 0.180. The quantitative estimate of drug-likeness (QED) is 0.753. The van der Waals surface area contributed by atoms with Crippen molar-refractivity contribution < 1.29 is 9.50 Å². The minimum Gasteiger partial charge on any atom is -0.388 e. The Hall–Kier alpha value is -1.71. The highest BCUT2D eigenvalue weighted by Crippen LogP contribution is 2.31. The highest BCUT2D eigenvalue weighted by Gasteiger charge is 2.13. The average Bonchev–Trinajstić information content (AvgIpc) is 2.85. The second kappa shape index (κ2) is 5.11. The van der Waals surface area contributed by atoms with E-state index in [0.29, 0.717) is 6.42 Å². The average molecular weight is 272 g/mol. The van der Waals surface area contributed by atoms with Crippen LogP contribution >= 0.6 is 11.3 Å². The monoisotopic (exact) mass is 272 g/mol. The van der Waals surface area contributed by atoms with Gasteiger partial charge in [0.05, 0.1) is 6.10 Å². The molecule has 1 nitrogen and oxygen atoms in total. The van der Waals surface area contributed by atoms with Crippen molar-refractivity contribution in [2.45, 2.75) is 12.5 Å². The molecule has 0 spiro atoms. The molecule has 96 valence electrons. The molecular formula is C16H13FOS. The van der Waals surface area contributed by atoms with E-state index in [-0.39, 0.29) is 5.82 Å². The number of halogens is 1. The topological polar surface area (TPSA) is 20.2 Å². The van der Waals surface area contributed by atoms with Crippen LogP contribution in [0, 0.1) is 5.82 Å². The summed E-state index contributed by atoms with van der Waals surface area (Å²) in [4.78, 5) is 0. The van der Waals surface area contributed by atoms with Crippen molar-refractivity contribution in [1.29, 1.82) is 0 Å². The summed E-state index contributed by atoms with van der Waals surface area (Å²) < 4.78 is 14.0. The zero-order chi connectivity index (χ0) is 13.2. The number of fused-ring (bicyclic) bond motifs is 1. The second-order valence-electron chi connectivity index (χ2n) is 4.53. The molecule has 0 aliphatic rings. The summed E-state index contributed by atoms with van der Waals surface area (Å²) in [5.41, 5.74) is 1.88. The van der Waals surface area contributed by atoms with E-state index < -0.39 is 6.10 Å². The highest BCUT2D eigenvalue weighted by molar-refractivity contribution is 7.17. The Morgan fingerprint density at radius 1 is 1.05 bits per heavy atom. The van der Waals surface area contributed by atoms with Crippen LogP contribution in [0.5, 0.6) is 0 Å². The summed E-state index contributed by atoms with van der Waals surface area (Å²) in [6.45, 7) is 0. The van der Waals surface area contributed by atoms with E-state index in [0.717, 1.165) is 16.5 Å². The lowest BCUT2D eigenvalue weighted by Crippen LogP contribution is -2.00. The third-order valence-corrected chi connectivity index (χ3v) is 4.19. The van der Waals surface area contributed by atoms with E-state index in [9.17, 15) is 9.50 Å². The second-order valence-corrected chi connectivity index (χ2v) is 5.44. The molecule has 0 aliphatic heterocycles. The normalized spacial score (nSPS) is 12.7. The van der Waals surface area contributed by atoms with E-state index >= 15 is 0 Å². The zero-order valence-electron chi connectivity index (χ0n) is 10.2. The van der Waals surface area contributed by atoms with Crippen molar-refractivity contribution in [3.8, 4) is 0 Å². The molecule has 0 aliphatic carbocycles. The molecule has 1 unspecified atom stereocenters. The summed E-state index contributed by atoms with van der Waals surface area (Å²) in [7, 11) is 0. The SMILES string of the molecule is OC(Cc1ccc(F)cc1)c1csc2ccccc12. The molecule has 3 rings (SSSR count). The van der Waals surface area contributed by atoms with Gasteiger partial charge in [-0.2, -0.15) is 0 Å². The molecule has 0 saturated carbocycles. The Morgan fingerprint density at radius 3 is 2.58 bits per heavy atom. The van der Waals surface area contributed by atoms with E-state index in [1.165, 1.54) is 16.8 Å². The molecular weight excluding hydrogens is 259 g/mol. The van der Waals surface area contributed by atoms with Gasteiger partial charge in [-0.15, -0.1) is 11.3 Å². The Labute approximate surface area is 115 Å². The van der Waals surface area contributed by atoms with Crippen molar-refractivity contribution in [3.05, 3.63) is 70.9 Å². The van der Waals surface area contributed by atoms with Gasteiger partial charge in [0.25, 0.3) is 0 Å². The minimum atomic E-state index is -0.554. The molecule has 2 aromatic carbocycles. The fourth-order valence-electron chi connectivity index (χ4n) is 2.21. The van der Waals surface area contributed by atoms with Crippen LogP contribution in [0.4, 0.5) is 4.39 Å².